The number of benzene rings is 3. The van der Waals surface area contributed by atoms with E-state index in [9.17, 15) is 18.0 Å². The van der Waals surface area contributed by atoms with E-state index in [2.05, 4.69) is 0 Å². The van der Waals surface area contributed by atoms with Crippen LogP contribution in [-0.4, -0.2) is 58.7 Å². The normalized spacial score (nSPS) is 21.4. The Labute approximate surface area is 215 Å². The Balaban J connectivity index is 1.59. The van der Waals surface area contributed by atoms with Crippen LogP contribution < -0.4 is 0 Å². The second kappa shape index (κ2) is 11.7. The topological polar surface area (TPSA) is 114 Å². The van der Waals surface area contributed by atoms with E-state index in [0.717, 1.165) is 5.56 Å². The smallest absolute Gasteiger partial charge is 0.338 e. The number of carbonyl (C=O) groups is 2. The van der Waals surface area contributed by atoms with Gasteiger partial charge >= 0.3 is 11.9 Å². The van der Waals surface area contributed by atoms with Crippen LogP contribution in [0, 0.1) is 6.92 Å². The number of ether oxygens (including phenoxy) is 4. The fourth-order valence-corrected chi connectivity index (χ4v) is 4.85. The summed E-state index contributed by atoms with van der Waals surface area (Å²) in [7, 11) is -3.00. The number of rotatable bonds is 9. The number of hydrogen-bond donors (Lipinski definition) is 0. The van der Waals surface area contributed by atoms with Crippen LogP contribution in [0.15, 0.2) is 89.8 Å². The van der Waals surface area contributed by atoms with Crippen molar-refractivity contribution >= 4 is 22.1 Å². The highest BCUT2D eigenvalue weighted by molar-refractivity contribution is 7.86. The summed E-state index contributed by atoms with van der Waals surface area (Å²) in [6, 6.07) is 22.5. The summed E-state index contributed by atoms with van der Waals surface area (Å²) >= 11 is 0. The average Bonchev–Trinajstić information content (AvgIpc) is 3.23. The molecule has 9 nitrogen and oxygen atoms in total. The third-order valence-electron chi connectivity index (χ3n) is 5.69. The third kappa shape index (κ3) is 6.41. The van der Waals surface area contributed by atoms with Crippen LogP contribution in [0.25, 0.3) is 0 Å². The second-order valence-electron chi connectivity index (χ2n) is 8.31. The minimum Gasteiger partial charge on any atom is -0.459 e. The minimum atomic E-state index is -4.32. The van der Waals surface area contributed by atoms with Gasteiger partial charge in [0.1, 0.15) is 18.8 Å². The van der Waals surface area contributed by atoms with Crippen molar-refractivity contribution in [2.45, 2.75) is 36.4 Å². The Morgan fingerprint density at radius 1 is 0.811 bits per heavy atom. The van der Waals surface area contributed by atoms with E-state index in [1.807, 2.05) is 6.92 Å². The number of esters is 2. The molecule has 0 radical (unpaired) electrons. The van der Waals surface area contributed by atoms with Crippen LogP contribution in [0.1, 0.15) is 26.3 Å². The molecule has 4 atom stereocenters. The molecule has 0 aliphatic carbocycles. The van der Waals surface area contributed by atoms with Gasteiger partial charge in [0.15, 0.2) is 12.4 Å². The molecule has 1 aliphatic rings. The Hall–Kier alpha value is -3.57. The van der Waals surface area contributed by atoms with E-state index in [-0.39, 0.29) is 17.1 Å². The van der Waals surface area contributed by atoms with Crippen molar-refractivity contribution in [1.29, 1.82) is 0 Å². The van der Waals surface area contributed by atoms with Crippen molar-refractivity contribution < 1.29 is 41.1 Å². The summed E-state index contributed by atoms with van der Waals surface area (Å²) in [6.07, 6.45) is -4.94. The number of carbonyl (C=O) groups excluding carboxylic acids is 2. The number of hydrogen-bond acceptors (Lipinski definition) is 9. The van der Waals surface area contributed by atoms with E-state index < -0.39 is 46.7 Å². The lowest BCUT2D eigenvalue weighted by molar-refractivity contribution is -0.155. The summed E-state index contributed by atoms with van der Waals surface area (Å²) in [4.78, 5) is 25.2. The summed E-state index contributed by atoms with van der Waals surface area (Å²) in [6.45, 7) is 1.45. The molecule has 0 aromatic heterocycles. The Morgan fingerprint density at radius 3 is 1.95 bits per heavy atom. The Kier molecular flexibility index (Phi) is 8.34. The summed E-state index contributed by atoms with van der Waals surface area (Å²) in [5.41, 5.74) is 1.42. The first-order valence-corrected chi connectivity index (χ1v) is 12.9. The lowest BCUT2D eigenvalue weighted by atomic mass is 10.1. The first-order valence-electron chi connectivity index (χ1n) is 11.4. The van der Waals surface area contributed by atoms with Crippen LogP contribution in [0.3, 0.4) is 0 Å². The van der Waals surface area contributed by atoms with Crippen molar-refractivity contribution in [3.05, 3.63) is 102 Å². The average molecular weight is 527 g/mol. The van der Waals surface area contributed by atoms with Crippen LogP contribution in [-0.2, 0) is 33.2 Å². The lowest BCUT2D eigenvalue weighted by Crippen LogP contribution is -2.42. The molecular formula is C27H26O9S. The molecule has 1 saturated heterocycles. The van der Waals surface area contributed by atoms with Gasteiger partial charge in [-0.1, -0.05) is 54.1 Å². The molecule has 1 heterocycles. The molecule has 0 N–H and O–H groups in total. The molecule has 0 amide bonds. The number of methoxy groups -OCH3 is 1. The molecule has 1 unspecified atom stereocenters. The Morgan fingerprint density at radius 2 is 1.38 bits per heavy atom. The zero-order valence-corrected chi connectivity index (χ0v) is 21.0. The SMILES string of the molecule is COC1O[C@H](COC(=O)c2ccccc2)[C@H](OS(=O)(=O)c2ccc(C)cc2)[C@H]1OC(=O)c1ccccc1. The highest BCUT2D eigenvalue weighted by Gasteiger charge is 2.51. The highest BCUT2D eigenvalue weighted by Crippen LogP contribution is 2.31. The molecule has 3 aromatic carbocycles. The predicted octanol–water partition coefficient (Wildman–Crippen LogP) is 3.52. The van der Waals surface area contributed by atoms with Gasteiger partial charge in [0, 0.05) is 7.11 Å². The van der Waals surface area contributed by atoms with Crippen LogP contribution in [0.5, 0.6) is 0 Å². The summed E-state index contributed by atoms with van der Waals surface area (Å²) < 4.78 is 53.9. The van der Waals surface area contributed by atoms with Crippen LogP contribution in [0.4, 0.5) is 0 Å². The first kappa shape index (κ1) is 26.5. The van der Waals surface area contributed by atoms with Gasteiger partial charge in [-0.25, -0.2) is 9.59 Å². The van der Waals surface area contributed by atoms with Gasteiger partial charge in [0.2, 0.25) is 0 Å². The maximum atomic E-state index is 13.1. The quantitative estimate of drug-likeness (QED) is 0.305. The fraction of sp³-hybridized carbons (Fsp3) is 0.259. The van der Waals surface area contributed by atoms with Crippen molar-refractivity contribution in [3.8, 4) is 0 Å². The van der Waals surface area contributed by atoms with Crippen LogP contribution in [0.2, 0.25) is 0 Å². The molecule has 3 aromatic rings. The van der Waals surface area contributed by atoms with E-state index >= 15 is 0 Å². The summed E-state index contributed by atoms with van der Waals surface area (Å²) in [5.74, 6) is -1.36. The van der Waals surface area contributed by atoms with Crippen molar-refractivity contribution in [2.24, 2.45) is 0 Å². The van der Waals surface area contributed by atoms with Crippen molar-refractivity contribution in [3.63, 3.8) is 0 Å². The zero-order chi connectivity index (χ0) is 26.4. The molecule has 194 valence electrons. The maximum absolute atomic E-state index is 13.1. The molecular weight excluding hydrogens is 500 g/mol. The molecule has 1 fully saturated rings. The molecule has 10 heteroatoms. The molecule has 4 rings (SSSR count). The first-order chi connectivity index (χ1) is 17.8. The van der Waals surface area contributed by atoms with Crippen molar-refractivity contribution in [1.82, 2.24) is 0 Å². The predicted molar refractivity (Wildman–Crippen MR) is 131 cm³/mol. The van der Waals surface area contributed by atoms with E-state index in [0.29, 0.717) is 5.56 Å². The van der Waals surface area contributed by atoms with E-state index in [1.165, 1.54) is 19.2 Å². The molecule has 1 aliphatic heterocycles. The standard InChI is InChI=1S/C27H26O9S/c1-18-13-15-21(16-14-18)37(30,31)36-23-22(17-33-25(28)19-9-5-3-6-10-19)34-27(32-2)24(23)35-26(29)20-11-7-4-8-12-20/h3-16,22-24,27H,17H2,1-2H3/t22-,23+,24-,27?/m1/s1. The van der Waals surface area contributed by atoms with E-state index in [1.54, 1.807) is 72.8 Å². The fourth-order valence-electron chi connectivity index (χ4n) is 3.74. The zero-order valence-electron chi connectivity index (χ0n) is 20.2. The molecule has 37 heavy (non-hydrogen) atoms. The molecule has 0 spiro atoms. The van der Waals surface area contributed by atoms with Gasteiger partial charge < -0.3 is 18.9 Å². The monoisotopic (exact) mass is 526 g/mol. The van der Waals surface area contributed by atoms with Gasteiger partial charge in [0.25, 0.3) is 10.1 Å². The number of aryl methyl sites for hydroxylation is 1. The minimum absolute atomic E-state index is 0.0906. The van der Waals surface area contributed by atoms with E-state index in [4.69, 9.17) is 23.1 Å². The molecule has 0 saturated carbocycles. The lowest BCUT2D eigenvalue weighted by Gasteiger charge is -2.23. The summed E-state index contributed by atoms with van der Waals surface area (Å²) in [5, 5.41) is 0. The van der Waals surface area contributed by atoms with Crippen LogP contribution >= 0.6 is 0 Å². The molecule has 0 bridgehead atoms. The largest absolute Gasteiger partial charge is 0.459 e. The van der Waals surface area contributed by atoms with Gasteiger partial charge in [-0.3, -0.25) is 4.18 Å². The second-order valence-corrected chi connectivity index (χ2v) is 9.88. The third-order valence-corrected chi connectivity index (χ3v) is 7.01. The van der Waals surface area contributed by atoms with Gasteiger partial charge in [-0.2, -0.15) is 8.42 Å². The van der Waals surface area contributed by atoms with Gasteiger partial charge in [-0.15, -0.1) is 0 Å². The Bertz CT molecular complexity index is 1310. The van der Waals surface area contributed by atoms with Gasteiger partial charge in [-0.05, 0) is 43.3 Å². The van der Waals surface area contributed by atoms with Gasteiger partial charge in [0.05, 0.1) is 16.0 Å². The highest BCUT2D eigenvalue weighted by atomic mass is 32.2. The maximum Gasteiger partial charge on any atom is 0.338 e. The van der Waals surface area contributed by atoms with Crippen molar-refractivity contribution in [2.75, 3.05) is 13.7 Å².